The first-order valence-corrected chi connectivity index (χ1v) is 13.3. The van der Waals surface area contributed by atoms with Gasteiger partial charge in [0.25, 0.3) is 0 Å². The van der Waals surface area contributed by atoms with E-state index in [9.17, 15) is 25.5 Å². The molecule has 4 rings (SSSR count). The zero-order valence-corrected chi connectivity index (χ0v) is 20.7. The lowest BCUT2D eigenvalue weighted by molar-refractivity contribution is -0.223. The third-order valence-electron chi connectivity index (χ3n) is 11.2. The summed E-state index contributed by atoms with van der Waals surface area (Å²) in [5.74, 6) is 2.20. The second-order valence-corrected chi connectivity index (χ2v) is 13.1. The van der Waals surface area contributed by atoms with Crippen LogP contribution in [0.15, 0.2) is 0 Å². The Balaban J connectivity index is 1.50. The van der Waals surface area contributed by atoms with Crippen molar-refractivity contribution in [2.24, 2.45) is 46.3 Å². The van der Waals surface area contributed by atoms with Gasteiger partial charge in [0.15, 0.2) is 0 Å². The molecule has 12 atom stereocenters. The van der Waals surface area contributed by atoms with Crippen molar-refractivity contribution in [1.29, 1.82) is 0 Å². The molecule has 32 heavy (non-hydrogen) atoms. The van der Waals surface area contributed by atoms with Crippen LogP contribution in [0.1, 0.15) is 91.9 Å². The van der Waals surface area contributed by atoms with Gasteiger partial charge in [-0.2, -0.15) is 0 Å². The topological polar surface area (TPSA) is 101 Å². The number of aliphatic hydroxyl groups is 5. The Morgan fingerprint density at radius 3 is 2.25 bits per heavy atom. The van der Waals surface area contributed by atoms with Crippen LogP contribution in [0, 0.1) is 46.3 Å². The fourth-order valence-corrected chi connectivity index (χ4v) is 9.30. The van der Waals surface area contributed by atoms with Crippen LogP contribution in [0.5, 0.6) is 0 Å². The van der Waals surface area contributed by atoms with Crippen molar-refractivity contribution in [2.45, 2.75) is 116 Å². The van der Waals surface area contributed by atoms with E-state index in [1.165, 1.54) is 12.8 Å². The molecular weight excluding hydrogens is 404 g/mol. The fraction of sp³-hybridized carbons (Fsp3) is 1.00. The summed E-state index contributed by atoms with van der Waals surface area (Å²) in [4.78, 5) is 0. The van der Waals surface area contributed by atoms with Crippen LogP contribution in [0.25, 0.3) is 0 Å². The van der Waals surface area contributed by atoms with E-state index in [1.807, 2.05) is 0 Å². The Kier molecular flexibility index (Phi) is 6.84. The Labute approximate surface area is 194 Å². The molecule has 0 saturated heterocycles. The van der Waals surface area contributed by atoms with E-state index >= 15 is 0 Å². The molecule has 5 nitrogen and oxygen atoms in total. The summed E-state index contributed by atoms with van der Waals surface area (Å²) in [6, 6.07) is 0. The van der Waals surface area contributed by atoms with Crippen LogP contribution in [0.2, 0.25) is 0 Å². The van der Waals surface area contributed by atoms with Gasteiger partial charge in [0, 0.05) is 0 Å². The molecule has 2 unspecified atom stereocenters. The molecule has 0 aliphatic heterocycles. The molecule has 5 heteroatoms. The maximum atomic E-state index is 11.4. The minimum absolute atomic E-state index is 0.00213. The van der Waals surface area contributed by atoms with Crippen LogP contribution in [-0.4, -0.2) is 56.1 Å². The van der Waals surface area contributed by atoms with Gasteiger partial charge >= 0.3 is 0 Å². The van der Waals surface area contributed by atoms with E-state index in [0.29, 0.717) is 36.5 Å². The second-order valence-electron chi connectivity index (χ2n) is 13.1. The van der Waals surface area contributed by atoms with Gasteiger partial charge in [-0.15, -0.1) is 0 Å². The normalized spacial score (nSPS) is 51.3. The number of rotatable bonds is 6. The largest absolute Gasteiger partial charge is 0.393 e. The summed E-state index contributed by atoms with van der Waals surface area (Å²) in [5.41, 5.74) is -0.774. The lowest BCUT2D eigenvalue weighted by Gasteiger charge is -2.63. The molecule has 0 bridgehead atoms. The van der Waals surface area contributed by atoms with Crippen LogP contribution >= 0.6 is 0 Å². The highest BCUT2D eigenvalue weighted by Gasteiger charge is 2.65. The van der Waals surface area contributed by atoms with E-state index in [-0.39, 0.29) is 35.4 Å². The first-order chi connectivity index (χ1) is 14.9. The summed E-state index contributed by atoms with van der Waals surface area (Å²) in [6.07, 6.45) is 7.87. The molecule has 4 aliphatic rings. The molecule has 0 amide bonds. The molecule has 4 aliphatic carbocycles. The van der Waals surface area contributed by atoms with Crippen molar-refractivity contribution >= 4 is 0 Å². The summed E-state index contributed by atoms with van der Waals surface area (Å²) < 4.78 is 0. The fourth-order valence-electron chi connectivity index (χ4n) is 9.30. The van der Waals surface area contributed by atoms with Gasteiger partial charge in [-0.1, -0.05) is 33.6 Å². The average Bonchev–Trinajstić information content (AvgIpc) is 3.10. The Morgan fingerprint density at radius 2 is 1.56 bits per heavy atom. The summed E-state index contributed by atoms with van der Waals surface area (Å²) >= 11 is 0. The molecule has 0 aromatic heterocycles. The maximum Gasteiger partial charge on any atom is 0.0849 e. The molecule has 0 aromatic carbocycles. The van der Waals surface area contributed by atoms with Gasteiger partial charge in [-0.25, -0.2) is 0 Å². The Morgan fingerprint density at radius 1 is 0.906 bits per heavy atom. The summed E-state index contributed by atoms with van der Waals surface area (Å²) in [7, 11) is 0. The van der Waals surface area contributed by atoms with E-state index in [4.69, 9.17) is 0 Å². The first kappa shape index (κ1) is 24.9. The lowest BCUT2D eigenvalue weighted by Crippen LogP contribution is -2.64. The molecular formula is C27H48O5. The van der Waals surface area contributed by atoms with Crippen molar-refractivity contribution in [3.05, 3.63) is 0 Å². The minimum atomic E-state index is -0.984. The number of fused-ring (bicyclic) bond motifs is 5. The molecule has 5 N–H and O–H groups in total. The van der Waals surface area contributed by atoms with E-state index in [2.05, 4.69) is 20.8 Å². The zero-order chi connectivity index (χ0) is 23.5. The van der Waals surface area contributed by atoms with Crippen molar-refractivity contribution in [2.75, 3.05) is 6.61 Å². The van der Waals surface area contributed by atoms with Gasteiger partial charge in [0.05, 0.1) is 30.5 Å². The quantitative estimate of drug-likeness (QED) is 0.425. The third kappa shape index (κ3) is 3.98. The van der Waals surface area contributed by atoms with E-state index in [1.54, 1.807) is 6.92 Å². The predicted octanol–water partition coefficient (Wildman–Crippen LogP) is 3.50. The van der Waals surface area contributed by atoms with E-state index in [0.717, 1.165) is 38.5 Å². The molecule has 4 fully saturated rings. The SMILES string of the molecule is C[C@H](CCCC(C)(O)CO)[C@H]1CC[C@H]2C3[C@H](O)[C@@H](O)[C@@H]4C[C@H](O)CC[C@]4(C)[C@H]3CC[C@]12C. The van der Waals surface area contributed by atoms with E-state index < -0.39 is 17.8 Å². The lowest BCUT2D eigenvalue weighted by atomic mass is 9.43. The number of hydrogen-bond donors (Lipinski definition) is 5. The van der Waals surface area contributed by atoms with Crippen molar-refractivity contribution in [3.8, 4) is 0 Å². The molecule has 0 heterocycles. The third-order valence-corrected chi connectivity index (χ3v) is 11.2. The summed E-state index contributed by atoms with van der Waals surface area (Å²) in [5, 5.41) is 52.3. The average molecular weight is 453 g/mol. The van der Waals surface area contributed by atoms with Crippen LogP contribution in [0.3, 0.4) is 0 Å². The van der Waals surface area contributed by atoms with Gasteiger partial charge in [0.1, 0.15) is 0 Å². The van der Waals surface area contributed by atoms with Crippen LogP contribution in [-0.2, 0) is 0 Å². The van der Waals surface area contributed by atoms with Crippen molar-refractivity contribution in [1.82, 2.24) is 0 Å². The van der Waals surface area contributed by atoms with Crippen LogP contribution in [0.4, 0.5) is 0 Å². The minimum Gasteiger partial charge on any atom is -0.393 e. The maximum absolute atomic E-state index is 11.4. The Hall–Kier alpha value is -0.200. The Bertz CT molecular complexity index is 666. The van der Waals surface area contributed by atoms with Gasteiger partial charge in [0.2, 0.25) is 0 Å². The molecule has 0 radical (unpaired) electrons. The molecule has 0 spiro atoms. The number of aliphatic hydroxyl groups excluding tert-OH is 4. The van der Waals surface area contributed by atoms with Gasteiger partial charge < -0.3 is 25.5 Å². The van der Waals surface area contributed by atoms with Gasteiger partial charge in [-0.3, -0.25) is 0 Å². The predicted molar refractivity (Wildman–Crippen MR) is 125 cm³/mol. The standard InChI is InChI=1S/C27H48O5/c1-16(6-5-11-25(2,32)15-28)18-7-8-19-22-20(10-13-26(18,19)3)27(4)12-9-17(29)14-21(27)23(30)24(22)31/h16-24,28-32H,5-15H2,1-4H3/t16-,17-,18-,19+,20+,21+,22?,23+,24+,25?,26-,27-/m1/s1. The molecule has 186 valence electrons. The second kappa shape index (κ2) is 8.78. The highest BCUT2D eigenvalue weighted by atomic mass is 16.3. The molecule has 4 saturated carbocycles. The highest BCUT2D eigenvalue weighted by Crippen LogP contribution is 2.68. The van der Waals surface area contributed by atoms with Gasteiger partial charge in [-0.05, 0) is 105 Å². The first-order valence-electron chi connectivity index (χ1n) is 13.3. The van der Waals surface area contributed by atoms with Crippen LogP contribution < -0.4 is 0 Å². The summed E-state index contributed by atoms with van der Waals surface area (Å²) in [6.45, 7) is 8.65. The monoisotopic (exact) mass is 452 g/mol. The van der Waals surface area contributed by atoms with Crippen molar-refractivity contribution in [3.63, 3.8) is 0 Å². The zero-order valence-electron chi connectivity index (χ0n) is 20.7. The highest BCUT2D eigenvalue weighted by molar-refractivity contribution is 5.14. The smallest absolute Gasteiger partial charge is 0.0849 e. The number of hydrogen-bond acceptors (Lipinski definition) is 5. The molecule has 0 aromatic rings. The van der Waals surface area contributed by atoms with Crippen molar-refractivity contribution < 1.29 is 25.5 Å².